The first kappa shape index (κ1) is 22.2. The highest BCUT2D eigenvalue weighted by Gasteiger charge is 2.46. The largest absolute Gasteiger partial charge is 0.858 e. The van der Waals surface area contributed by atoms with Gasteiger partial charge in [-0.1, -0.05) is 42.5 Å². The second-order valence-corrected chi connectivity index (χ2v) is 8.35. The van der Waals surface area contributed by atoms with Gasteiger partial charge in [-0.25, -0.2) is 4.39 Å². The van der Waals surface area contributed by atoms with Crippen LogP contribution >= 0.6 is 0 Å². The van der Waals surface area contributed by atoms with Gasteiger partial charge >= 0.3 is 5.91 Å². The number of pyridine rings is 1. The molecule has 3 heterocycles. The number of rotatable bonds is 5. The van der Waals surface area contributed by atoms with Gasteiger partial charge in [-0.05, 0) is 36.6 Å². The van der Waals surface area contributed by atoms with Gasteiger partial charge < -0.3 is 5.11 Å². The number of aromatic nitrogens is 3. The first-order valence-corrected chi connectivity index (χ1v) is 11.0. The molecule has 0 radical (unpaired) electrons. The van der Waals surface area contributed by atoms with Crippen LogP contribution in [0.25, 0.3) is 22.5 Å². The molecule has 5 rings (SSSR count). The summed E-state index contributed by atoms with van der Waals surface area (Å²) in [5, 5.41) is 17.7. The quantitative estimate of drug-likeness (QED) is 0.333. The summed E-state index contributed by atoms with van der Waals surface area (Å²) in [6, 6.07) is 18.3. The van der Waals surface area contributed by atoms with Crippen LogP contribution < -0.4 is 9.67 Å². The van der Waals surface area contributed by atoms with Gasteiger partial charge in [-0.2, -0.15) is 9.67 Å². The van der Waals surface area contributed by atoms with E-state index < -0.39 is 23.5 Å². The average molecular weight is 468 g/mol. The Morgan fingerprint density at radius 1 is 0.971 bits per heavy atom. The third kappa shape index (κ3) is 3.89. The molecule has 2 amide bonds. The van der Waals surface area contributed by atoms with Crippen LogP contribution in [-0.2, 0) is 23.2 Å². The zero-order chi connectivity index (χ0) is 24.7. The molecular weight excluding hydrogens is 447 g/mol. The van der Waals surface area contributed by atoms with E-state index in [1.165, 1.54) is 36.0 Å². The van der Waals surface area contributed by atoms with Crippen molar-refractivity contribution in [2.45, 2.75) is 13.5 Å². The Morgan fingerprint density at radius 2 is 1.69 bits per heavy atom. The van der Waals surface area contributed by atoms with Crippen molar-refractivity contribution in [1.82, 2.24) is 14.7 Å². The van der Waals surface area contributed by atoms with E-state index in [0.29, 0.717) is 16.8 Å². The second-order valence-electron chi connectivity index (χ2n) is 8.35. The molecule has 0 spiro atoms. The van der Waals surface area contributed by atoms with Crippen molar-refractivity contribution in [1.29, 1.82) is 0 Å². The zero-order valence-electron chi connectivity index (χ0n) is 19.1. The van der Waals surface area contributed by atoms with Gasteiger partial charge in [0, 0.05) is 29.8 Å². The highest BCUT2D eigenvalue weighted by molar-refractivity contribution is 6.45. The Bertz CT molecular complexity index is 1490. The second kappa shape index (κ2) is 8.64. The van der Waals surface area contributed by atoms with Crippen LogP contribution in [0.2, 0.25) is 0 Å². The van der Waals surface area contributed by atoms with E-state index in [1.54, 1.807) is 35.2 Å². The molecule has 0 N–H and O–H groups in total. The van der Waals surface area contributed by atoms with Crippen LogP contribution in [0.4, 0.5) is 4.39 Å². The fraction of sp³-hybridized carbons (Fsp3) is 0.111. The van der Waals surface area contributed by atoms with E-state index in [-0.39, 0.29) is 23.4 Å². The molecule has 1 aliphatic heterocycles. The molecular formula is C27H21FN4O3. The van der Waals surface area contributed by atoms with Crippen molar-refractivity contribution in [3.8, 4) is 17.1 Å². The normalized spacial score (nSPS) is 13.7. The van der Waals surface area contributed by atoms with Crippen LogP contribution in [0.5, 0.6) is 5.88 Å². The smallest absolute Gasteiger partial charge is 0.327 e. The number of carbonyl (C=O) groups excluding carboxylic acids is 2. The number of amides is 2. The SMILES string of the molecule is Cc1ccc[n+](C2=C(c3c(-c4ccccc4)nn(C)c3[O-])C(=O)N(Cc3ccc(F)cc3)C2=O)c1. The van der Waals surface area contributed by atoms with E-state index in [1.807, 2.05) is 31.2 Å². The molecule has 0 saturated carbocycles. The number of carbonyl (C=O) groups is 2. The third-order valence-corrected chi connectivity index (χ3v) is 5.90. The lowest BCUT2D eigenvalue weighted by atomic mass is 10.00. The van der Waals surface area contributed by atoms with Gasteiger partial charge in [0.1, 0.15) is 11.4 Å². The lowest BCUT2D eigenvalue weighted by Gasteiger charge is -2.15. The number of halogens is 1. The highest BCUT2D eigenvalue weighted by atomic mass is 19.1. The Morgan fingerprint density at radius 3 is 2.37 bits per heavy atom. The first-order valence-electron chi connectivity index (χ1n) is 11.0. The molecule has 0 aliphatic carbocycles. The number of benzene rings is 2. The summed E-state index contributed by atoms with van der Waals surface area (Å²) in [6.45, 7) is 1.80. The van der Waals surface area contributed by atoms with Gasteiger partial charge in [-0.3, -0.25) is 19.2 Å². The number of aryl methyl sites for hydroxylation is 2. The molecule has 8 heteroatoms. The number of hydrogen-bond donors (Lipinski definition) is 0. The summed E-state index contributed by atoms with van der Waals surface area (Å²) < 4.78 is 16.1. The lowest BCUT2D eigenvalue weighted by Crippen LogP contribution is -2.39. The summed E-state index contributed by atoms with van der Waals surface area (Å²) in [5.41, 5.74) is 2.56. The molecule has 7 nitrogen and oxygen atoms in total. The van der Waals surface area contributed by atoms with E-state index in [4.69, 9.17) is 0 Å². The Kier molecular flexibility index (Phi) is 5.49. The lowest BCUT2D eigenvalue weighted by molar-refractivity contribution is -0.577. The summed E-state index contributed by atoms with van der Waals surface area (Å²) in [5.74, 6) is -2.05. The van der Waals surface area contributed by atoms with Crippen molar-refractivity contribution < 1.29 is 23.7 Å². The highest BCUT2D eigenvalue weighted by Crippen LogP contribution is 2.39. The fourth-order valence-corrected chi connectivity index (χ4v) is 4.21. The van der Waals surface area contributed by atoms with Crippen molar-refractivity contribution in [2.24, 2.45) is 7.05 Å². The number of nitrogens with zero attached hydrogens (tertiary/aromatic N) is 4. The van der Waals surface area contributed by atoms with Crippen LogP contribution in [-0.4, -0.2) is 26.5 Å². The van der Waals surface area contributed by atoms with Crippen molar-refractivity contribution in [3.05, 3.63) is 102 Å². The van der Waals surface area contributed by atoms with E-state index in [2.05, 4.69) is 5.10 Å². The predicted molar refractivity (Wildman–Crippen MR) is 125 cm³/mol. The molecule has 0 fully saturated rings. The Balaban J connectivity index is 1.72. The standard InChI is InChI=1S/C27H21FN4O3/c1-17-7-6-14-31(15-17)24-22(21-23(29-30(2)25(21)33)19-8-4-3-5-9-19)26(34)32(27(24)35)16-18-10-12-20(28)13-11-18/h3-15H,16H2,1-2H3. The summed E-state index contributed by atoms with van der Waals surface area (Å²) in [6.07, 6.45) is 3.39. The maximum Gasteiger partial charge on any atom is 0.327 e. The van der Waals surface area contributed by atoms with E-state index in [0.717, 1.165) is 10.5 Å². The maximum absolute atomic E-state index is 13.8. The monoisotopic (exact) mass is 468 g/mol. The van der Waals surface area contributed by atoms with E-state index in [9.17, 15) is 19.1 Å². The molecule has 0 atom stereocenters. The van der Waals surface area contributed by atoms with Crippen LogP contribution in [0.3, 0.4) is 0 Å². The van der Waals surface area contributed by atoms with Gasteiger partial charge in [0.25, 0.3) is 11.6 Å². The third-order valence-electron chi connectivity index (χ3n) is 5.90. The first-order chi connectivity index (χ1) is 16.8. The van der Waals surface area contributed by atoms with Gasteiger partial charge in [-0.15, -0.1) is 0 Å². The molecule has 0 unspecified atom stereocenters. The van der Waals surface area contributed by atoms with Gasteiger partial charge in [0.2, 0.25) is 0 Å². The molecule has 4 aromatic rings. The summed E-state index contributed by atoms with van der Waals surface area (Å²) in [7, 11) is 1.51. The van der Waals surface area contributed by atoms with Gasteiger partial charge in [0.05, 0.1) is 12.2 Å². The minimum absolute atomic E-state index is 0.00957. The van der Waals surface area contributed by atoms with Crippen molar-refractivity contribution >= 4 is 23.1 Å². The topological polar surface area (TPSA) is 82.1 Å². The minimum atomic E-state index is -0.606. The molecule has 2 aromatic carbocycles. The van der Waals surface area contributed by atoms with Crippen LogP contribution in [0.15, 0.2) is 79.1 Å². The maximum atomic E-state index is 13.8. The molecule has 35 heavy (non-hydrogen) atoms. The summed E-state index contributed by atoms with van der Waals surface area (Å²) >= 11 is 0. The van der Waals surface area contributed by atoms with Crippen LogP contribution in [0, 0.1) is 12.7 Å². The molecule has 174 valence electrons. The molecule has 0 saturated heterocycles. The number of imide groups is 1. The van der Waals surface area contributed by atoms with Gasteiger partial charge in [0.15, 0.2) is 12.4 Å². The minimum Gasteiger partial charge on any atom is -0.858 e. The summed E-state index contributed by atoms with van der Waals surface area (Å²) in [4.78, 5) is 28.5. The fourth-order valence-electron chi connectivity index (χ4n) is 4.21. The molecule has 2 aromatic heterocycles. The molecule has 0 bridgehead atoms. The number of hydrogen-bond acceptors (Lipinski definition) is 4. The average Bonchev–Trinajstić information content (AvgIpc) is 3.28. The zero-order valence-corrected chi connectivity index (χ0v) is 19.1. The van der Waals surface area contributed by atoms with Crippen molar-refractivity contribution in [3.63, 3.8) is 0 Å². The molecule has 1 aliphatic rings. The van der Waals surface area contributed by atoms with Crippen LogP contribution in [0.1, 0.15) is 16.7 Å². The predicted octanol–water partition coefficient (Wildman–Crippen LogP) is 2.83. The van der Waals surface area contributed by atoms with Crippen molar-refractivity contribution in [2.75, 3.05) is 0 Å². The Labute approximate surface area is 201 Å². The van der Waals surface area contributed by atoms with E-state index >= 15 is 0 Å². The Hall–Kier alpha value is -4.59.